The molecule has 0 radical (unpaired) electrons. The molecule has 0 saturated heterocycles. The maximum atomic E-state index is 2.34. The van der Waals surface area contributed by atoms with E-state index in [4.69, 9.17) is 0 Å². The first-order chi connectivity index (χ1) is 14.4. The summed E-state index contributed by atoms with van der Waals surface area (Å²) < 4.78 is 0. The standard InChI is InChI=1S/C29H18/c1-2-9-20-19(7-1)17-27-21(20)12-6-13-23(27)26-16-15-18-8-5-14-24-22-10-3-4-11-25(22)29(26)28(18)24/h1-16H,17H2. The minimum atomic E-state index is 1.02. The van der Waals surface area contributed by atoms with Crippen molar-refractivity contribution in [3.05, 3.63) is 108 Å². The van der Waals surface area contributed by atoms with E-state index in [1.54, 1.807) is 0 Å². The van der Waals surface area contributed by atoms with Crippen molar-refractivity contribution < 1.29 is 0 Å². The summed E-state index contributed by atoms with van der Waals surface area (Å²) in [4.78, 5) is 0. The Labute approximate surface area is 170 Å². The molecule has 0 spiro atoms. The fourth-order valence-corrected chi connectivity index (χ4v) is 5.45. The van der Waals surface area contributed by atoms with Crippen molar-refractivity contribution in [3.63, 3.8) is 0 Å². The largest absolute Gasteiger partial charge is 0.0619 e. The van der Waals surface area contributed by atoms with Crippen LogP contribution in [0, 0.1) is 0 Å². The van der Waals surface area contributed by atoms with Gasteiger partial charge in [0.05, 0.1) is 0 Å². The van der Waals surface area contributed by atoms with E-state index in [0.717, 1.165) is 6.42 Å². The van der Waals surface area contributed by atoms with Gasteiger partial charge in [0.25, 0.3) is 0 Å². The first-order valence-electron chi connectivity index (χ1n) is 10.3. The number of hydrogen-bond donors (Lipinski definition) is 0. The first-order valence-corrected chi connectivity index (χ1v) is 10.3. The van der Waals surface area contributed by atoms with Crippen LogP contribution < -0.4 is 0 Å². The van der Waals surface area contributed by atoms with Crippen molar-refractivity contribution >= 4 is 10.8 Å². The molecule has 0 N–H and O–H groups in total. The van der Waals surface area contributed by atoms with Crippen molar-refractivity contribution in [2.45, 2.75) is 6.42 Å². The van der Waals surface area contributed by atoms with Crippen LogP contribution in [-0.2, 0) is 6.42 Å². The third-order valence-electron chi connectivity index (χ3n) is 6.67. The summed E-state index contributed by atoms with van der Waals surface area (Å²) in [5, 5.41) is 2.73. The van der Waals surface area contributed by atoms with Gasteiger partial charge in [0.2, 0.25) is 0 Å². The molecule has 0 heteroatoms. The predicted molar refractivity (Wildman–Crippen MR) is 122 cm³/mol. The molecule has 134 valence electrons. The van der Waals surface area contributed by atoms with Crippen molar-refractivity contribution in [1.82, 2.24) is 0 Å². The van der Waals surface area contributed by atoms with Gasteiger partial charge in [-0.1, -0.05) is 97.1 Å². The maximum absolute atomic E-state index is 2.34. The highest BCUT2D eigenvalue weighted by Gasteiger charge is 2.27. The van der Waals surface area contributed by atoms with Gasteiger partial charge in [0.1, 0.15) is 0 Å². The second kappa shape index (κ2) is 5.46. The highest BCUT2D eigenvalue weighted by molar-refractivity contribution is 6.19. The van der Waals surface area contributed by atoms with Gasteiger partial charge in [-0.3, -0.25) is 0 Å². The lowest BCUT2D eigenvalue weighted by molar-refractivity contribution is 1.26. The zero-order valence-electron chi connectivity index (χ0n) is 15.9. The van der Waals surface area contributed by atoms with E-state index in [-0.39, 0.29) is 0 Å². The lowest BCUT2D eigenvalue weighted by atomic mass is 9.89. The monoisotopic (exact) mass is 366 g/mol. The van der Waals surface area contributed by atoms with Crippen LogP contribution in [0.25, 0.3) is 55.3 Å². The Morgan fingerprint density at radius 1 is 0.414 bits per heavy atom. The molecule has 0 aliphatic heterocycles. The lowest BCUT2D eigenvalue weighted by Gasteiger charge is -2.14. The SMILES string of the molecule is c1ccc2c(c1)Cc1c-2cccc1-c1ccc2cccc3c2c1-c1ccccc1-3. The second-order valence-corrected chi connectivity index (χ2v) is 8.10. The minimum absolute atomic E-state index is 1.02. The van der Waals surface area contributed by atoms with Crippen LogP contribution in [0.15, 0.2) is 97.1 Å². The molecule has 5 aromatic rings. The minimum Gasteiger partial charge on any atom is -0.0619 e. The van der Waals surface area contributed by atoms with Crippen LogP contribution in [0.2, 0.25) is 0 Å². The average Bonchev–Trinajstić information content (AvgIpc) is 3.32. The molecule has 2 aliphatic rings. The summed E-state index contributed by atoms with van der Waals surface area (Å²) in [5.74, 6) is 0. The second-order valence-electron chi connectivity index (χ2n) is 8.10. The van der Waals surface area contributed by atoms with Crippen molar-refractivity contribution in [2.24, 2.45) is 0 Å². The molecule has 0 aromatic heterocycles. The van der Waals surface area contributed by atoms with Gasteiger partial charge in [-0.15, -0.1) is 0 Å². The van der Waals surface area contributed by atoms with Crippen LogP contribution in [0.1, 0.15) is 11.1 Å². The summed E-state index contributed by atoms with van der Waals surface area (Å²) in [5.41, 5.74) is 13.9. The summed E-state index contributed by atoms with van der Waals surface area (Å²) in [6.45, 7) is 0. The molecule has 0 nitrogen and oxygen atoms in total. The molecular weight excluding hydrogens is 348 g/mol. The Bertz CT molecular complexity index is 1470. The highest BCUT2D eigenvalue weighted by Crippen LogP contribution is 2.52. The van der Waals surface area contributed by atoms with E-state index in [0.29, 0.717) is 0 Å². The van der Waals surface area contributed by atoms with Crippen molar-refractivity contribution in [1.29, 1.82) is 0 Å². The third kappa shape index (κ3) is 1.93. The van der Waals surface area contributed by atoms with Gasteiger partial charge in [-0.2, -0.15) is 0 Å². The Balaban J connectivity index is 1.58. The van der Waals surface area contributed by atoms with Crippen LogP contribution in [0.3, 0.4) is 0 Å². The number of fused-ring (bicyclic) bond motifs is 6. The summed E-state index contributed by atoms with van der Waals surface area (Å²) in [7, 11) is 0. The first kappa shape index (κ1) is 15.3. The van der Waals surface area contributed by atoms with Crippen LogP contribution in [-0.4, -0.2) is 0 Å². The van der Waals surface area contributed by atoms with E-state index in [2.05, 4.69) is 97.1 Å². The molecule has 0 atom stereocenters. The average molecular weight is 366 g/mol. The van der Waals surface area contributed by atoms with E-state index in [1.807, 2.05) is 0 Å². The molecular formula is C29H18. The predicted octanol–water partition coefficient (Wildman–Crippen LogP) is 7.73. The van der Waals surface area contributed by atoms with Crippen molar-refractivity contribution in [2.75, 3.05) is 0 Å². The Kier molecular flexibility index (Phi) is 2.88. The van der Waals surface area contributed by atoms with Gasteiger partial charge < -0.3 is 0 Å². The fraction of sp³-hybridized carbons (Fsp3) is 0.0345. The topological polar surface area (TPSA) is 0 Å². The molecule has 7 rings (SSSR count). The lowest BCUT2D eigenvalue weighted by Crippen LogP contribution is -1.91. The zero-order chi connectivity index (χ0) is 18.9. The van der Waals surface area contributed by atoms with Crippen LogP contribution in [0.5, 0.6) is 0 Å². The highest BCUT2D eigenvalue weighted by atomic mass is 14.3. The van der Waals surface area contributed by atoms with E-state index < -0.39 is 0 Å². The molecule has 0 saturated carbocycles. The molecule has 2 aliphatic carbocycles. The molecule has 29 heavy (non-hydrogen) atoms. The number of hydrogen-bond acceptors (Lipinski definition) is 0. The van der Waals surface area contributed by atoms with Gasteiger partial charge in [-0.05, 0) is 72.8 Å². The number of rotatable bonds is 1. The normalized spacial score (nSPS) is 12.7. The molecule has 0 bridgehead atoms. The molecule has 0 amide bonds. The zero-order valence-corrected chi connectivity index (χ0v) is 15.9. The van der Waals surface area contributed by atoms with Gasteiger partial charge in [0, 0.05) is 0 Å². The maximum Gasteiger partial charge on any atom is -0.000728 e. The summed E-state index contributed by atoms with van der Waals surface area (Å²) in [6, 6.07) is 35.8. The fourth-order valence-electron chi connectivity index (χ4n) is 5.45. The molecule has 0 unspecified atom stereocenters. The molecule has 0 fully saturated rings. The summed E-state index contributed by atoms with van der Waals surface area (Å²) in [6.07, 6.45) is 1.02. The van der Waals surface area contributed by atoms with Crippen LogP contribution in [0.4, 0.5) is 0 Å². The van der Waals surface area contributed by atoms with Gasteiger partial charge in [0.15, 0.2) is 0 Å². The van der Waals surface area contributed by atoms with Gasteiger partial charge >= 0.3 is 0 Å². The number of benzene rings is 5. The Hall–Kier alpha value is -3.64. The Morgan fingerprint density at radius 2 is 1.07 bits per heavy atom. The van der Waals surface area contributed by atoms with Gasteiger partial charge in [-0.25, -0.2) is 0 Å². The van der Waals surface area contributed by atoms with E-state index in [1.165, 1.54) is 66.4 Å². The Morgan fingerprint density at radius 3 is 1.97 bits per heavy atom. The van der Waals surface area contributed by atoms with E-state index >= 15 is 0 Å². The van der Waals surface area contributed by atoms with E-state index in [9.17, 15) is 0 Å². The van der Waals surface area contributed by atoms with Crippen molar-refractivity contribution in [3.8, 4) is 44.5 Å². The van der Waals surface area contributed by atoms with Crippen LogP contribution >= 0.6 is 0 Å². The quantitative estimate of drug-likeness (QED) is 0.279. The summed E-state index contributed by atoms with van der Waals surface area (Å²) >= 11 is 0. The smallest absolute Gasteiger partial charge is 0.000728 e. The molecule has 0 heterocycles. The third-order valence-corrected chi connectivity index (χ3v) is 6.67. The molecule has 5 aromatic carbocycles.